The van der Waals surface area contributed by atoms with Gasteiger partial charge in [-0.3, -0.25) is 27.2 Å². The molecule has 2 unspecified atom stereocenters. The van der Waals surface area contributed by atoms with E-state index in [-0.39, 0.29) is 88.8 Å². The number of methoxy groups -OCH3 is 8. The minimum Gasteiger partial charge on any atom is -0.467 e. The third-order valence-electron chi connectivity index (χ3n) is 13.1. The number of benzene rings is 4. The first-order valence-corrected chi connectivity index (χ1v) is 34.5. The van der Waals surface area contributed by atoms with E-state index in [0.29, 0.717) is 7.05 Å². The summed E-state index contributed by atoms with van der Waals surface area (Å²) < 4.78 is 279. The molecule has 0 aliphatic carbocycles. The van der Waals surface area contributed by atoms with E-state index in [2.05, 4.69) is 59.8 Å². The fourth-order valence-electron chi connectivity index (χ4n) is 8.00. The highest BCUT2D eigenvalue weighted by atomic mass is 35.5. The summed E-state index contributed by atoms with van der Waals surface area (Å²) in [5, 5.41) is 20.7. The van der Waals surface area contributed by atoms with Crippen LogP contribution in [0.5, 0.6) is 48.1 Å². The zero-order valence-corrected chi connectivity index (χ0v) is 60.0. The molecular formula is C55H54ClF11N16O20S4. The van der Waals surface area contributed by atoms with E-state index in [1.807, 2.05) is 0 Å². The smallest absolute Gasteiger partial charge is 0.355 e. The van der Waals surface area contributed by atoms with Crippen molar-refractivity contribution in [2.24, 2.45) is 0 Å². The minimum atomic E-state index is -5.21. The molecule has 0 amide bonds. The largest absolute Gasteiger partial charge is 0.467 e. The molecule has 2 atom stereocenters. The molecule has 0 spiro atoms. The number of hydrogen-bond acceptors (Lipinski definition) is 32. The normalized spacial score (nSPS) is 12.0. The summed E-state index contributed by atoms with van der Waals surface area (Å²) >= 11 is 5.98. The summed E-state index contributed by atoms with van der Waals surface area (Å²) in [5.41, 5.74) is -4.59. The van der Waals surface area contributed by atoms with E-state index >= 15 is 0 Å². The van der Waals surface area contributed by atoms with E-state index in [4.69, 9.17) is 49.5 Å². The zero-order valence-electron chi connectivity index (χ0n) is 56.0. The molecule has 0 radical (unpaired) electrons. The highest BCUT2D eigenvalue weighted by molar-refractivity contribution is 7.93. The number of carbonyl (C=O) groups is 2. The molecule has 36 nitrogen and oxygen atoms in total. The Morgan fingerprint density at radius 1 is 0.393 bits per heavy atom. The second-order valence-electron chi connectivity index (χ2n) is 19.4. The van der Waals surface area contributed by atoms with Crippen LogP contribution in [-0.4, -0.2) is 216 Å². The van der Waals surface area contributed by atoms with Gasteiger partial charge in [0.2, 0.25) is 23.2 Å². The molecule has 4 heterocycles. The average Bonchev–Trinajstić information content (AvgIpc) is 0.812. The second-order valence-corrected chi connectivity index (χ2v) is 27.3. The SMILES string of the molecule is COc1nc(OC)nc(C(=O)c2cccc(Cl)c2N(C)S(=O)(=O)C(F)F)n1.COc1nc(OC)nc(C(=O)c2cccc(F)c2N(C)S(=O)(=O)C(F)F)n1.COc1nc(OC)nc(C(O)c2cccc(F)c2N(C)S(=O)(=O)C(F)F)n1.COc1nc(OC)nc(C(O)c2cccc(F)c2NS(=O)(=O)C(F)F)n1. The van der Waals surface area contributed by atoms with Crippen LogP contribution in [0.4, 0.5) is 71.0 Å². The van der Waals surface area contributed by atoms with Crippen LogP contribution in [0.3, 0.4) is 0 Å². The van der Waals surface area contributed by atoms with Gasteiger partial charge in [-0.2, -0.15) is 75.0 Å². The summed E-state index contributed by atoms with van der Waals surface area (Å²) in [5.74, 6) is -22.4. The van der Waals surface area contributed by atoms with Gasteiger partial charge in [-0.25, -0.2) is 46.8 Å². The van der Waals surface area contributed by atoms with Crippen LogP contribution in [0.15, 0.2) is 72.8 Å². The van der Waals surface area contributed by atoms with Crippen LogP contribution < -0.4 is 55.5 Å². The lowest BCUT2D eigenvalue weighted by molar-refractivity contribution is 0.101. The number of nitrogens with one attached hydrogen (secondary N) is 1. The summed E-state index contributed by atoms with van der Waals surface area (Å²) in [6, 6.07) is 11.0. The fraction of sp³-hybridized carbons (Fsp3) is 0.309. The van der Waals surface area contributed by atoms with Gasteiger partial charge in [-0.1, -0.05) is 48.0 Å². The highest BCUT2D eigenvalue weighted by Crippen LogP contribution is 2.38. The number of halogens is 12. The van der Waals surface area contributed by atoms with Crippen molar-refractivity contribution in [2.75, 3.05) is 95.7 Å². The molecule has 0 bridgehead atoms. The van der Waals surface area contributed by atoms with Gasteiger partial charge in [0.25, 0.3) is 40.1 Å². The van der Waals surface area contributed by atoms with Crippen LogP contribution in [0.2, 0.25) is 5.02 Å². The van der Waals surface area contributed by atoms with Crippen LogP contribution in [0, 0.1) is 17.5 Å². The molecule has 107 heavy (non-hydrogen) atoms. The zero-order chi connectivity index (χ0) is 80.5. The van der Waals surface area contributed by atoms with Crippen LogP contribution >= 0.6 is 11.6 Å². The van der Waals surface area contributed by atoms with Crippen LogP contribution in [0.25, 0.3) is 0 Å². The van der Waals surface area contributed by atoms with Gasteiger partial charge in [0.1, 0.15) is 29.7 Å². The first-order valence-electron chi connectivity index (χ1n) is 28.1. The molecule has 4 aromatic carbocycles. The lowest BCUT2D eigenvalue weighted by Gasteiger charge is -2.24. The third kappa shape index (κ3) is 20.6. The van der Waals surface area contributed by atoms with Crippen molar-refractivity contribution in [1.82, 2.24) is 59.8 Å². The number of rotatable bonds is 28. The van der Waals surface area contributed by atoms with E-state index in [0.717, 1.165) is 68.7 Å². The molecule has 0 aliphatic heterocycles. The molecule has 582 valence electrons. The number of aromatic nitrogens is 12. The number of sulfonamides is 4. The number of para-hydroxylation sites is 4. The summed E-state index contributed by atoms with van der Waals surface area (Å²) in [6.45, 7) is 0. The van der Waals surface area contributed by atoms with Crippen molar-refractivity contribution in [1.29, 1.82) is 0 Å². The standard InChI is InChI=1S/C14H13ClF2N4O5S.C14H15F3N4O5S.C14H13F3N4O5S.C13H13F3N4O5S/c3*1-21(27(23,24)12(16)17)9-7(5-4-6-8(9)15)10(22)11-18-13(25-2)20-14(19-11)26-3;1-24-12-17-10(18-13(19-12)25-2)9(21)6-4-3-5-7(14)8(6)20-26(22,23)11(15)16/h4-6,12H,1-3H3;4-6,10,12,22H,1-3H3;4-6,12H,1-3H3;3-5,9,11,20-21H,1-2H3. The monoisotopic (exact) mass is 1630 g/mol. The topological polar surface area (TPSA) is 461 Å². The Labute approximate surface area is 602 Å². The number of alkyl halides is 8. The minimum absolute atomic E-state index is 0.00408. The van der Waals surface area contributed by atoms with E-state index < -0.39 is 150 Å². The molecule has 8 aromatic rings. The summed E-state index contributed by atoms with van der Waals surface area (Å²) in [4.78, 5) is 70.4. The number of ether oxygens (including phenoxy) is 8. The molecule has 3 N–H and O–H groups in total. The first kappa shape index (κ1) is 86.7. The molecular weight excluding hydrogens is 1580 g/mol. The number of carbonyl (C=O) groups excluding carboxylic acids is 2. The van der Waals surface area contributed by atoms with Gasteiger partial charge in [0.05, 0.1) is 95.8 Å². The number of hydrogen-bond donors (Lipinski definition) is 3. The maximum absolute atomic E-state index is 14.3. The maximum Gasteiger partial charge on any atom is 0.355 e. The first-order chi connectivity index (χ1) is 50.1. The Morgan fingerprint density at radius 3 is 1.02 bits per heavy atom. The quantitative estimate of drug-likeness (QED) is 0.0420. The van der Waals surface area contributed by atoms with E-state index in [1.165, 1.54) is 79.8 Å². The van der Waals surface area contributed by atoms with Crippen molar-refractivity contribution in [3.05, 3.63) is 141 Å². The van der Waals surface area contributed by atoms with Crippen LogP contribution in [0.1, 0.15) is 67.3 Å². The Morgan fingerprint density at radius 2 is 0.673 bits per heavy atom. The second kappa shape index (κ2) is 36.9. The van der Waals surface area contributed by atoms with Gasteiger partial charge in [-0.15, -0.1) is 19.9 Å². The third-order valence-corrected chi connectivity index (χ3v) is 18.6. The highest BCUT2D eigenvalue weighted by Gasteiger charge is 2.38. The van der Waals surface area contributed by atoms with Gasteiger partial charge in [-0.05, 0) is 36.4 Å². The molecule has 0 fully saturated rings. The predicted octanol–water partition coefficient (Wildman–Crippen LogP) is 5.18. The van der Waals surface area contributed by atoms with Crippen molar-refractivity contribution >= 4 is 86.0 Å². The van der Waals surface area contributed by atoms with Crippen LogP contribution in [-0.2, 0) is 40.1 Å². The Balaban J connectivity index is 0.000000256. The lowest BCUT2D eigenvalue weighted by Crippen LogP contribution is -2.33. The number of ketones is 2. The summed E-state index contributed by atoms with van der Waals surface area (Å²) in [7, 11) is -8.47. The maximum atomic E-state index is 14.3. The number of anilines is 4. The van der Waals surface area contributed by atoms with E-state index in [9.17, 15) is 102 Å². The van der Waals surface area contributed by atoms with Gasteiger partial charge >= 0.3 is 71.1 Å². The number of nitrogens with zero attached hydrogens (tertiary/aromatic N) is 15. The van der Waals surface area contributed by atoms with E-state index in [1.54, 1.807) is 0 Å². The van der Waals surface area contributed by atoms with Crippen molar-refractivity contribution in [3.63, 3.8) is 0 Å². The lowest BCUT2D eigenvalue weighted by atomic mass is 10.1. The van der Waals surface area contributed by atoms with Gasteiger partial charge < -0.3 is 48.1 Å². The van der Waals surface area contributed by atoms with Gasteiger partial charge in [0.15, 0.2) is 11.6 Å². The Bertz CT molecular complexity index is 4750. The fourth-order valence-corrected chi connectivity index (χ4v) is 11.0. The summed E-state index contributed by atoms with van der Waals surface area (Å²) in [6.07, 6.45) is -3.59. The van der Waals surface area contributed by atoms with Crippen molar-refractivity contribution < 1.29 is 140 Å². The Hall–Kier alpha value is -10.9. The predicted molar refractivity (Wildman–Crippen MR) is 346 cm³/mol. The average molecular weight is 1630 g/mol. The van der Waals surface area contributed by atoms with Crippen molar-refractivity contribution in [2.45, 2.75) is 35.2 Å². The van der Waals surface area contributed by atoms with Gasteiger partial charge in [0, 0.05) is 32.3 Å². The molecule has 0 saturated carbocycles. The molecule has 4 aromatic heterocycles. The Kier molecular flexibility index (Phi) is 29.9. The van der Waals surface area contributed by atoms with Crippen molar-refractivity contribution in [3.8, 4) is 48.1 Å². The molecule has 8 rings (SSSR count). The molecule has 0 aliphatic rings. The number of aliphatic hydroxyl groups excluding tert-OH is 2. The number of aliphatic hydroxyl groups is 2. The molecule has 52 heteroatoms. The molecule has 0 saturated heterocycles.